The Morgan fingerprint density at radius 1 is 1.16 bits per heavy atom. The fourth-order valence-electron chi connectivity index (χ4n) is 3.17. The number of carbonyl (C=O) groups is 1. The molecule has 25 heavy (non-hydrogen) atoms. The van der Waals surface area contributed by atoms with Gasteiger partial charge in [-0.2, -0.15) is 9.36 Å². The van der Waals surface area contributed by atoms with Crippen LogP contribution < -0.4 is 5.69 Å². The molecule has 1 aliphatic heterocycles. The SMILES string of the molecule is O=C(Cn1nnn(-c2ccccc2)c1=O)N1CCC[C@H]1c1cccs1. The molecule has 128 valence electrons. The Labute approximate surface area is 148 Å². The Hall–Kier alpha value is -2.74. The number of para-hydroxylation sites is 1. The van der Waals surface area contributed by atoms with E-state index in [0.29, 0.717) is 12.2 Å². The van der Waals surface area contributed by atoms with Crippen LogP contribution in [0, 0.1) is 0 Å². The second-order valence-corrected chi connectivity index (χ2v) is 6.91. The highest BCUT2D eigenvalue weighted by Gasteiger charge is 2.31. The summed E-state index contributed by atoms with van der Waals surface area (Å²) in [6.07, 6.45) is 1.93. The van der Waals surface area contributed by atoms with Crippen molar-refractivity contribution in [3.63, 3.8) is 0 Å². The Bertz CT molecular complexity index is 916. The maximum atomic E-state index is 12.7. The second-order valence-electron chi connectivity index (χ2n) is 5.93. The van der Waals surface area contributed by atoms with Crippen LogP contribution in [0.3, 0.4) is 0 Å². The molecule has 1 atom stereocenters. The van der Waals surface area contributed by atoms with Crippen molar-refractivity contribution in [2.24, 2.45) is 0 Å². The maximum absolute atomic E-state index is 12.7. The molecule has 0 radical (unpaired) electrons. The lowest BCUT2D eigenvalue weighted by Crippen LogP contribution is -2.36. The summed E-state index contributed by atoms with van der Waals surface area (Å²) in [4.78, 5) is 28.2. The van der Waals surface area contributed by atoms with Crippen molar-refractivity contribution in [3.05, 3.63) is 63.2 Å². The number of hydrogen-bond acceptors (Lipinski definition) is 5. The van der Waals surface area contributed by atoms with Gasteiger partial charge < -0.3 is 4.90 Å². The van der Waals surface area contributed by atoms with Gasteiger partial charge in [0.2, 0.25) is 5.91 Å². The summed E-state index contributed by atoms with van der Waals surface area (Å²) in [7, 11) is 0. The highest BCUT2D eigenvalue weighted by Crippen LogP contribution is 2.34. The molecular formula is C17H17N5O2S. The van der Waals surface area contributed by atoms with Crippen LogP contribution in [-0.4, -0.2) is 37.1 Å². The third-order valence-corrected chi connectivity index (χ3v) is 5.34. The van der Waals surface area contributed by atoms with Crippen molar-refractivity contribution >= 4 is 17.2 Å². The smallest absolute Gasteiger partial charge is 0.333 e. The van der Waals surface area contributed by atoms with E-state index < -0.39 is 5.69 Å². The molecule has 1 saturated heterocycles. The minimum atomic E-state index is -0.411. The van der Waals surface area contributed by atoms with Gasteiger partial charge in [0, 0.05) is 11.4 Å². The van der Waals surface area contributed by atoms with Gasteiger partial charge in [0.25, 0.3) is 0 Å². The van der Waals surface area contributed by atoms with E-state index in [-0.39, 0.29) is 18.5 Å². The molecule has 0 saturated carbocycles. The predicted molar refractivity (Wildman–Crippen MR) is 93.6 cm³/mol. The zero-order valence-corrected chi connectivity index (χ0v) is 14.3. The predicted octanol–water partition coefficient (Wildman–Crippen LogP) is 1.85. The Kier molecular flexibility index (Phi) is 4.19. The third kappa shape index (κ3) is 3.00. The lowest BCUT2D eigenvalue weighted by atomic mass is 10.2. The first-order valence-corrected chi connectivity index (χ1v) is 9.03. The van der Waals surface area contributed by atoms with Gasteiger partial charge in [-0.25, -0.2) is 4.79 Å². The quantitative estimate of drug-likeness (QED) is 0.716. The van der Waals surface area contributed by atoms with E-state index in [2.05, 4.69) is 16.5 Å². The fourth-order valence-corrected chi connectivity index (χ4v) is 4.04. The molecule has 4 rings (SSSR count). The van der Waals surface area contributed by atoms with E-state index in [1.54, 1.807) is 23.5 Å². The van der Waals surface area contributed by atoms with Gasteiger partial charge >= 0.3 is 5.69 Å². The lowest BCUT2D eigenvalue weighted by Gasteiger charge is -2.23. The number of likely N-dealkylation sites (tertiary alicyclic amines) is 1. The van der Waals surface area contributed by atoms with Gasteiger partial charge in [0.05, 0.1) is 11.7 Å². The number of amides is 1. The topological polar surface area (TPSA) is 73.0 Å². The number of aromatic nitrogens is 4. The van der Waals surface area contributed by atoms with Crippen LogP contribution in [0.1, 0.15) is 23.8 Å². The minimum absolute atomic E-state index is 0.0897. The summed E-state index contributed by atoms with van der Waals surface area (Å²) < 4.78 is 2.33. The zero-order chi connectivity index (χ0) is 17.2. The summed E-state index contributed by atoms with van der Waals surface area (Å²) in [6.45, 7) is 0.622. The molecule has 0 aliphatic carbocycles. The number of hydrogen-bond donors (Lipinski definition) is 0. The third-order valence-electron chi connectivity index (χ3n) is 4.37. The molecular weight excluding hydrogens is 338 g/mol. The van der Waals surface area contributed by atoms with Crippen LogP contribution in [0.25, 0.3) is 5.69 Å². The molecule has 3 heterocycles. The molecule has 1 aromatic carbocycles. The van der Waals surface area contributed by atoms with Gasteiger partial charge in [-0.05, 0) is 46.8 Å². The molecule has 0 spiro atoms. The largest absolute Gasteiger partial charge is 0.368 e. The Morgan fingerprint density at radius 2 is 2.00 bits per heavy atom. The van der Waals surface area contributed by atoms with Gasteiger partial charge in [-0.3, -0.25) is 4.79 Å². The number of carbonyl (C=O) groups excluding carboxylic acids is 1. The zero-order valence-electron chi connectivity index (χ0n) is 13.5. The highest BCUT2D eigenvalue weighted by molar-refractivity contribution is 7.10. The van der Waals surface area contributed by atoms with Gasteiger partial charge in [0.1, 0.15) is 6.54 Å². The van der Waals surface area contributed by atoms with E-state index >= 15 is 0 Å². The maximum Gasteiger partial charge on any atom is 0.368 e. The molecule has 0 N–H and O–H groups in total. The number of tetrazole rings is 1. The van der Waals surface area contributed by atoms with E-state index in [9.17, 15) is 9.59 Å². The molecule has 7 nitrogen and oxygen atoms in total. The van der Waals surface area contributed by atoms with Crippen molar-refractivity contribution in [2.45, 2.75) is 25.4 Å². The van der Waals surface area contributed by atoms with Crippen molar-refractivity contribution in [3.8, 4) is 5.69 Å². The van der Waals surface area contributed by atoms with Crippen LogP contribution in [0.15, 0.2) is 52.6 Å². The van der Waals surface area contributed by atoms with Crippen LogP contribution in [0.4, 0.5) is 0 Å². The molecule has 0 unspecified atom stereocenters. The van der Waals surface area contributed by atoms with E-state index in [4.69, 9.17) is 0 Å². The van der Waals surface area contributed by atoms with Crippen LogP contribution in [0.5, 0.6) is 0 Å². The molecule has 8 heteroatoms. The standard InChI is InChI=1S/C17H17N5O2S/c23-16(20-10-4-8-14(20)15-9-5-11-25-15)12-21-17(24)22(19-18-21)13-6-2-1-3-7-13/h1-3,5-7,9,11,14H,4,8,10,12H2/t14-/m0/s1. The normalized spacial score (nSPS) is 17.1. The first kappa shape index (κ1) is 15.8. The highest BCUT2D eigenvalue weighted by atomic mass is 32.1. The molecule has 1 aliphatic rings. The monoisotopic (exact) mass is 355 g/mol. The van der Waals surface area contributed by atoms with Crippen molar-refractivity contribution in [1.29, 1.82) is 0 Å². The molecule has 0 bridgehead atoms. The summed E-state index contributed by atoms with van der Waals surface area (Å²) >= 11 is 1.66. The Balaban J connectivity index is 1.54. The second kappa shape index (κ2) is 6.64. The number of thiophene rings is 1. The van der Waals surface area contributed by atoms with E-state index in [1.165, 1.54) is 9.56 Å². The number of benzene rings is 1. The van der Waals surface area contributed by atoms with E-state index in [1.807, 2.05) is 34.5 Å². The minimum Gasteiger partial charge on any atom is -0.333 e. The number of nitrogens with zero attached hydrogens (tertiary/aromatic N) is 5. The molecule has 1 amide bonds. The van der Waals surface area contributed by atoms with Gasteiger partial charge in [0.15, 0.2) is 0 Å². The van der Waals surface area contributed by atoms with Crippen molar-refractivity contribution < 1.29 is 4.79 Å². The van der Waals surface area contributed by atoms with Gasteiger partial charge in [-0.15, -0.1) is 11.3 Å². The van der Waals surface area contributed by atoms with E-state index in [0.717, 1.165) is 17.5 Å². The van der Waals surface area contributed by atoms with Crippen LogP contribution >= 0.6 is 11.3 Å². The van der Waals surface area contributed by atoms with Gasteiger partial charge in [-0.1, -0.05) is 24.3 Å². The lowest BCUT2D eigenvalue weighted by molar-refractivity contribution is -0.133. The molecule has 1 fully saturated rings. The summed E-state index contributed by atoms with van der Waals surface area (Å²) in [5, 5.41) is 9.77. The van der Waals surface area contributed by atoms with Crippen LogP contribution in [-0.2, 0) is 11.3 Å². The first-order chi connectivity index (χ1) is 12.2. The van der Waals surface area contributed by atoms with Crippen molar-refractivity contribution in [2.75, 3.05) is 6.54 Å². The molecule has 3 aromatic rings. The average Bonchev–Trinajstić information content (AvgIpc) is 3.36. The average molecular weight is 355 g/mol. The van der Waals surface area contributed by atoms with Crippen molar-refractivity contribution in [1.82, 2.24) is 24.7 Å². The fraction of sp³-hybridized carbons (Fsp3) is 0.294. The summed E-state index contributed by atoms with van der Waals surface area (Å²) in [5.74, 6) is -0.0990. The number of rotatable bonds is 4. The first-order valence-electron chi connectivity index (χ1n) is 8.15. The Morgan fingerprint density at radius 3 is 2.76 bits per heavy atom. The summed E-state index contributed by atoms with van der Waals surface area (Å²) in [5.41, 5.74) is 0.218. The summed E-state index contributed by atoms with van der Waals surface area (Å²) in [6, 6.07) is 13.2. The van der Waals surface area contributed by atoms with Crippen LogP contribution in [0.2, 0.25) is 0 Å². The molecule has 2 aromatic heterocycles.